The summed E-state index contributed by atoms with van der Waals surface area (Å²) >= 11 is 0. The second-order valence-electron chi connectivity index (χ2n) is 6.96. The summed E-state index contributed by atoms with van der Waals surface area (Å²) in [6.45, 7) is 12.9. The summed E-state index contributed by atoms with van der Waals surface area (Å²) in [5.41, 5.74) is 0.241. The van der Waals surface area contributed by atoms with E-state index in [2.05, 4.69) is 39.9 Å². The molecule has 0 aromatic carbocycles. The Morgan fingerprint density at radius 3 is 2.26 bits per heavy atom. The van der Waals surface area contributed by atoms with Gasteiger partial charge in [-0.1, -0.05) is 0 Å². The summed E-state index contributed by atoms with van der Waals surface area (Å²) in [5.74, 6) is 0. The average Bonchev–Trinajstić information content (AvgIpc) is 2.25. The molecule has 0 amide bonds. The minimum atomic E-state index is 0.241. The zero-order chi connectivity index (χ0) is 14.3. The normalized spacial score (nSPS) is 28.6. The average molecular weight is 271 g/mol. The van der Waals surface area contributed by atoms with Crippen molar-refractivity contribution in [1.29, 1.82) is 0 Å². The molecule has 1 heterocycles. The third-order valence-corrected chi connectivity index (χ3v) is 3.48. The van der Waals surface area contributed by atoms with Crippen molar-refractivity contribution < 1.29 is 9.47 Å². The Bertz CT molecular complexity index is 227. The van der Waals surface area contributed by atoms with Crippen LogP contribution in [0.25, 0.3) is 0 Å². The standard InChI is InChI=1S/C16H33NO2/c1-13-11-15(12-14(2)19-13)18-10-8-6-7-9-17-16(3,4)5/h13-15,17H,6-12H2,1-5H3. The predicted molar refractivity (Wildman–Crippen MR) is 80.6 cm³/mol. The third kappa shape index (κ3) is 8.61. The van der Waals surface area contributed by atoms with Gasteiger partial charge in [-0.25, -0.2) is 0 Å². The van der Waals surface area contributed by atoms with Crippen LogP contribution in [0.5, 0.6) is 0 Å². The maximum atomic E-state index is 5.97. The van der Waals surface area contributed by atoms with Gasteiger partial charge in [0.1, 0.15) is 0 Å². The van der Waals surface area contributed by atoms with Crippen LogP contribution in [0, 0.1) is 0 Å². The van der Waals surface area contributed by atoms with Crippen LogP contribution in [0.2, 0.25) is 0 Å². The number of hydrogen-bond acceptors (Lipinski definition) is 3. The molecule has 0 aliphatic carbocycles. The molecule has 0 bridgehead atoms. The SMILES string of the molecule is CC1CC(OCCCCCNC(C)(C)C)CC(C)O1. The van der Waals surface area contributed by atoms with E-state index in [9.17, 15) is 0 Å². The predicted octanol–water partition coefficient (Wildman–Crippen LogP) is 3.52. The van der Waals surface area contributed by atoms with Gasteiger partial charge >= 0.3 is 0 Å². The molecule has 19 heavy (non-hydrogen) atoms. The summed E-state index contributed by atoms with van der Waals surface area (Å²) in [6, 6.07) is 0. The Labute approximate surface area is 119 Å². The largest absolute Gasteiger partial charge is 0.378 e. The maximum Gasteiger partial charge on any atom is 0.0624 e. The first-order valence-electron chi connectivity index (χ1n) is 7.89. The van der Waals surface area contributed by atoms with Gasteiger partial charge in [0.2, 0.25) is 0 Å². The number of rotatable bonds is 7. The highest BCUT2D eigenvalue weighted by Crippen LogP contribution is 2.21. The topological polar surface area (TPSA) is 30.5 Å². The summed E-state index contributed by atoms with van der Waals surface area (Å²) in [7, 11) is 0. The summed E-state index contributed by atoms with van der Waals surface area (Å²) in [5, 5.41) is 3.52. The van der Waals surface area contributed by atoms with E-state index in [1.54, 1.807) is 0 Å². The quantitative estimate of drug-likeness (QED) is 0.719. The lowest BCUT2D eigenvalue weighted by Gasteiger charge is -2.32. The molecule has 2 unspecified atom stereocenters. The minimum absolute atomic E-state index is 0.241. The lowest BCUT2D eigenvalue weighted by atomic mass is 10.0. The van der Waals surface area contributed by atoms with Gasteiger partial charge in [0.25, 0.3) is 0 Å². The molecule has 1 N–H and O–H groups in total. The van der Waals surface area contributed by atoms with Crippen molar-refractivity contribution >= 4 is 0 Å². The maximum absolute atomic E-state index is 5.97. The fourth-order valence-electron chi connectivity index (χ4n) is 2.60. The smallest absolute Gasteiger partial charge is 0.0624 e. The second-order valence-corrected chi connectivity index (χ2v) is 6.96. The Hall–Kier alpha value is -0.120. The third-order valence-electron chi connectivity index (χ3n) is 3.48. The molecule has 3 nitrogen and oxygen atoms in total. The summed E-state index contributed by atoms with van der Waals surface area (Å²) in [6.07, 6.45) is 6.87. The Morgan fingerprint density at radius 1 is 1.05 bits per heavy atom. The van der Waals surface area contributed by atoms with Gasteiger partial charge in [0, 0.05) is 12.1 Å². The van der Waals surface area contributed by atoms with Crippen LogP contribution >= 0.6 is 0 Å². The molecule has 1 fully saturated rings. The zero-order valence-corrected chi connectivity index (χ0v) is 13.5. The van der Waals surface area contributed by atoms with E-state index in [1.165, 1.54) is 19.3 Å². The fourth-order valence-corrected chi connectivity index (χ4v) is 2.60. The number of nitrogens with one attached hydrogen (secondary N) is 1. The van der Waals surface area contributed by atoms with Crippen LogP contribution in [-0.4, -0.2) is 37.0 Å². The lowest BCUT2D eigenvalue weighted by molar-refractivity contribution is -0.102. The lowest BCUT2D eigenvalue weighted by Crippen LogP contribution is -2.36. The van der Waals surface area contributed by atoms with Crippen LogP contribution < -0.4 is 5.32 Å². The molecular weight excluding hydrogens is 238 g/mol. The van der Waals surface area contributed by atoms with E-state index in [1.807, 2.05) is 0 Å². The molecule has 1 aliphatic heterocycles. The van der Waals surface area contributed by atoms with E-state index in [-0.39, 0.29) is 5.54 Å². The first-order valence-corrected chi connectivity index (χ1v) is 7.89. The molecule has 0 radical (unpaired) electrons. The van der Waals surface area contributed by atoms with Gasteiger partial charge in [0.05, 0.1) is 18.3 Å². The van der Waals surface area contributed by atoms with Crippen LogP contribution in [0.4, 0.5) is 0 Å². The van der Waals surface area contributed by atoms with Crippen LogP contribution in [0.15, 0.2) is 0 Å². The molecular formula is C16H33NO2. The van der Waals surface area contributed by atoms with Crippen molar-refractivity contribution in [1.82, 2.24) is 5.32 Å². The van der Waals surface area contributed by atoms with Crippen molar-refractivity contribution in [2.45, 2.75) is 90.6 Å². The minimum Gasteiger partial charge on any atom is -0.378 e. The van der Waals surface area contributed by atoms with E-state index in [4.69, 9.17) is 9.47 Å². The van der Waals surface area contributed by atoms with Crippen molar-refractivity contribution in [2.75, 3.05) is 13.2 Å². The van der Waals surface area contributed by atoms with Gasteiger partial charge < -0.3 is 14.8 Å². The molecule has 0 aromatic rings. The summed E-state index contributed by atoms with van der Waals surface area (Å²) in [4.78, 5) is 0. The van der Waals surface area contributed by atoms with Crippen molar-refractivity contribution in [2.24, 2.45) is 0 Å². The van der Waals surface area contributed by atoms with Crippen molar-refractivity contribution in [3.63, 3.8) is 0 Å². The Morgan fingerprint density at radius 2 is 1.68 bits per heavy atom. The Balaban J connectivity index is 1.96. The van der Waals surface area contributed by atoms with Crippen LogP contribution in [-0.2, 0) is 9.47 Å². The molecule has 0 spiro atoms. The fraction of sp³-hybridized carbons (Fsp3) is 1.00. The Kier molecular flexibility index (Phi) is 7.33. The zero-order valence-electron chi connectivity index (χ0n) is 13.5. The van der Waals surface area contributed by atoms with Gasteiger partial charge in [0.15, 0.2) is 0 Å². The van der Waals surface area contributed by atoms with Gasteiger partial charge in [-0.2, -0.15) is 0 Å². The monoisotopic (exact) mass is 271 g/mol. The highest BCUT2D eigenvalue weighted by Gasteiger charge is 2.24. The van der Waals surface area contributed by atoms with E-state index in [0.717, 1.165) is 26.0 Å². The number of ether oxygens (including phenoxy) is 2. The van der Waals surface area contributed by atoms with Gasteiger partial charge in [-0.3, -0.25) is 0 Å². The van der Waals surface area contributed by atoms with Gasteiger partial charge in [-0.05, 0) is 73.3 Å². The van der Waals surface area contributed by atoms with Crippen LogP contribution in [0.3, 0.4) is 0 Å². The molecule has 3 heteroatoms. The van der Waals surface area contributed by atoms with Crippen molar-refractivity contribution in [3.05, 3.63) is 0 Å². The number of hydrogen-bond donors (Lipinski definition) is 1. The molecule has 114 valence electrons. The molecule has 1 rings (SSSR count). The highest BCUT2D eigenvalue weighted by atomic mass is 16.5. The second kappa shape index (κ2) is 8.23. The van der Waals surface area contributed by atoms with E-state index >= 15 is 0 Å². The van der Waals surface area contributed by atoms with Crippen molar-refractivity contribution in [3.8, 4) is 0 Å². The molecule has 1 saturated heterocycles. The first-order chi connectivity index (χ1) is 8.87. The van der Waals surface area contributed by atoms with E-state index < -0.39 is 0 Å². The molecule has 1 aliphatic rings. The first kappa shape index (κ1) is 16.9. The summed E-state index contributed by atoms with van der Waals surface area (Å²) < 4.78 is 11.7. The molecule has 0 saturated carbocycles. The van der Waals surface area contributed by atoms with Gasteiger partial charge in [-0.15, -0.1) is 0 Å². The van der Waals surface area contributed by atoms with Crippen LogP contribution in [0.1, 0.15) is 66.7 Å². The molecule has 2 atom stereocenters. The highest BCUT2D eigenvalue weighted by molar-refractivity contribution is 4.73. The van der Waals surface area contributed by atoms with E-state index in [0.29, 0.717) is 18.3 Å². The number of unbranched alkanes of at least 4 members (excludes halogenated alkanes) is 2. The molecule has 0 aromatic heterocycles.